The maximum atomic E-state index is 12.6. The zero-order valence-corrected chi connectivity index (χ0v) is 16.6. The van der Waals surface area contributed by atoms with Crippen molar-refractivity contribution in [1.29, 1.82) is 0 Å². The molecule has 1 N–H and O–H groups in total. The number of nitrogens with zero attached hydrogens (tertiary/aromatic N) is 3. The van der Waals surface area contributed by atoms with Crippen molar-refractivity contribution in [3.63, 3.8) is 0 Å². The molecule has 0 bridgehead atoms. The summed E-state index contributed by atoms with van der Waals surface area (Å²) in [6.45, 7) is 5.57. The predicted molar refractivity (Wildman–Crippen MR) is 105 cm³/mol. The summed E-state index contributed by atoms with van der Waals surface area (Å²) >= 11 is 0. The molecular weight excluding hydrogens is 364 g/mol. The summed E-state index contributed by atoms with van der Waals surface area (Å²) in [7, 11) is -3.02. The summed E-state index contributed by atoms with van der Waals surface area (Å²) in [5, 5.41) is 7.31. The van der Waals surface area contributed by atoms with Crippen molar-refractivity contribution in [2.45, 2.75) is 32.9 Å². The number of aromatic nitrogens is 2. The standard InChI is InChI=1S/C19H26N4O3S/c1-3-22(12-16-7-5-4-6-8-16)13-19(24)20-18-11-15(2)21-23(18)17-9-10-27(25,26)14-17/h4-8,11,17H,3,9-10,12-14H2,1-2H3,(H,20,24). The molecule has 1 unspecified atom stereocenters. The molecule has 146 valence electrons. The highest BCUT2D eigenvalue weighted by atomic mass is 32.2. The third-order valence-corrected chi connectivity index (χ3v) is 6.49. The Morgan fingerprint density at radius 3 is 2.70 bits per heavy atom. The average Bonchev–Trinajstić information content (AvgIpc) is 3.16. The minimum atomic E-state index is -3.02. The normalized spacial score (nSPS) is 18.7. The molecule has 2 heterocycles. The number of amides is 1. The molecular formula is C19H26N4O3S. The van der Waals surface area contributed by atoms with Crippen LogP contribution in [0.4, 0.5) is 5.82 Å². The van der Waals surface area contributed by atoms with Gasteiger partial charge in [0.15, 0.2) is 9.84 Å². The second kappa shape index (κ2) is 8.22. The Kier molecular flexibility index (Phi) is 5.96. The van der Waals surface area contributed by atoms with E-state index in [-0.39, 0.29) is 30.0 Å². The molecule has 2 aromatic rings. The van der Waals surface area contributed by atoms with E-state index in [0.29, 0.717) is 18.8 Å². The van der Waals surface area contributed by atoms with Crippen LogP contribution in [0.1, 0.15) is 30.6 Å². The highest BCUT2D eigenvalue weighted by Crippen LogP contribution is 2.27. The van der Waals surface area contributed by atoms with Crippen LogP contribution in [0, 0.1) is 6.92 Å². The van der Waals surface area contributed by atoms with E-state index in [2.05, 4.69) is 15.3 Å². The second-order valence-corrected chi connectivity index (χ2v) is 9.24. The summed E-state index contributed by atoms with van der Waals surface area (Å²) in [5.74, 6) is 0.682. The van der Waals surface area contributed by atoms with Gasteiger partial charge in [-0.2, -0.15) is 5.10 Å². The third kappa shape index (κ3) is 5.17. The van der Waals surface area contributed by atoms with Crippen molar-refractivity contribution >= 4 is 21.6 Å². The third-order valence-electron chi connectivity index (χ3n) is 4.74. The molecule has 1 atom stereocenters. The minimum absolute atomic E-state index is 0.0755. The van der Waals surface area contributed by atoms with Crippen LogP contribution in [0.2, 0.25) is 0 Å². The van der Waals surface area contributed by atoms with Crippen molar-refractivity contribution in [1.82, 2.24) is 14.7 Å². The fraction of sp³-hybridized carbons (Fsp3) is 0.474. The number of hydrogen-bond acceptors (Lipinski definition) is 5. The number of carbonyl (C=O) groups excluding carboxylic acids is 1. The van der Waals surface area contributed by atoms with Gasteiger partial charge in [-0.3, -0.25) is 9.69 Å². The van der Waals surface area contributed by atoms with Gasteiger partial charge in [0.25, 0.3) is 0 Å². The number of rotatable bonds is 7. The number of anilines is 1. The van der Waals surface area contributed by atoms with Gasteiger partial charge >= 0.3 is 0 Å². The van der Waals surface area contributed by atoms with Crippen LogP contribution < -0.4 is 5.32 Å². The second-order valence-electron chi connectivity index (χ2n) is 7.01. The van der Waals surface area contributed by atoms with E-state index in [1.807, 2.05) is 44.2 Å². The molecule has 0 radical (unpaired) electrons. The lowest BCUT2D eigenvalue weighted by Crippen LogP contribution is -2.33. The first-order valence-electron chi connectivity index (χ1n) is 9.19. The summed E-state index contributed by atoms with van der Waals surface area (Å²) in [4.78, 5) is 14.6. The molecule has 1 amide bonds. The monoisotopic (exact) mass is 390 g/mol. The van der Waals surface area contributed by atoms with Crippen LogP contribution in [0.15, 0.2) is 36.4 Å². The smallest absolute Gasteiger partial charge is 0.239 e. The number of benzene rings is 1. The lowest BCUT2D eigenvalue weighted by Gasteiger charge is -2.20. The van der Waals surface area contributed by atoms with E-state index in [1.165, 1.54) is 0 Å². The molecule has 1 aliphatic rings. The largest absolute Gasteiger partial charge is 0.310 e. The van der Waals surface area contributed by atoms with Gasteiger partial charge in [0, 0.05) is 12.6 Å². The Hall–Kier alpha value is -2.19. The van der Waals surface area contributed by atoms with Gasteiger partial charge in [0.1, 0.15) is 5.82 Å². The van der Waals surface area contributed by atoms with Crippen LogP contribution in [0.5, 0.6) is 0 Å². The Bertz CT molecular complexity index is 893. The Balaban J connectivity index is 1.65. The quantitative estimate of drug-likeness (QED) is 0.782. The maximum absolute atomic E-state index is 12.6. The predicted octanol–water partition coefficient (Wildman–Crippen LogP) is 2.01. The van der Waals surface area contributed by atoms with Crippen LogP contribution in [-0.2, 0) is 21.2 Å². The molecule has 1 aromatic carbocycles. The molecule has 1 saturated heterocycles. The molecule has 0 saturated carbocycles. The van der Waals surface area contributed by atoms with Crippen molar-refractivity contribution in [2.24, 2.45) is 0 Å². The molecule has 0 aliphatic carbocycles. The van der Waals surface area contributed by atoms with Crippen molar-refractivity contribution in [2.75, 3.05) is 29.9 Å². The molecule has 7 nitrogen and oxygen atoms in total. The van der Waals surface area contributed by atoms with Crippen molar-refractivity contribution in [3.8, 4) is 0 Å². The Morgan fingerprint density at radius 2 is 2.07 bits per heavy atom. The lowest BCUT2D eigenvalue weighted by atomic mass is 10.2. The fourth-order valence-corrected chi connectivity index (χ4v) is 5.06. The first-order valence-corrected chi connectivity index (χ1v) is 11.0. The summed E-state index contributed by atoms with van der Waals surface area (Å²) in [6, 6.07) is 11.6. The van der Waals surface area contributed by atoms with E-state index in [9.17, 15) is 13.2 Å². The summed E-state index contributed by atoms with van der Waals surface area (Å²) in [5.41, 5.74) is 1.91. The molecule has 1 aliphatic heterocycles. The van der Waals surface area contributed by atoms with Crippen molar-refractivity contribution in [3.05, 3.63) is 47.7 Å². The van der Waals surface area contributed by atoms with Crippen LogP contribution in [0.3, 0.4) is 0 Å². The molecule has 1 aromatic heterocycles. The van der Waals surface area contributed by atoms with Gasteiger partial charge in [-0.25, -0.2) is 13.1 Å². The van der Waals surface area contributed by atoms with Gasteiger partial charge < -0.3 is 5.32 Å². The van der Waals surface area contributed by atoms with Crippen LogP contribution in [-0.4, -0.2) is 53.6 Å². The van der Waals surface area contributed by atoms with Crippen LogP contribution >= 0.6 is 0 Å². The fourth-order valence-electron chi connectivity index (χ4n) is 3.36. The number of hydrogen-bond donors (Lipinski definition) is 1. The van der Waals surface area contributed by atoms with E-state index in [0.717, 1.165) is 17.8 Å². The Morgan fingerprint density at radius 1 is 1.33 bits per heavy atom. The van der Waals surface area contributed by atoms with E-state index in [4.69, 9.17) is 0 Å². The SMILES string of the molecule is CCN(CC(=O)Nc1cc(C)nn1C1CCS(=O)(=O)C1)Cc1ccccc1. The highest BCUT2D eigenvalue weighted by molar-refractivity contribution is 7.91. The molecule has 8 heteroatoms. The number of carbonyl (C=O) groups is 1. The zero-order chi connectivity index (χ0) is 19.4. The molecule has 0 spiro atoms. The van der Waals surface area contributed by atoms with Gasteiger partial charge in [-0.1, -0.05) is 37.3 Å². The molecule has 27 heavy (non-hydrogen) atoms. The minimum Gasteiger partial charge on any atom is -0.310 e. The van der Waals surface area contributed by atoms with Gasteiger partial charge in [-0.15, -0.1) is 0 Å². The topological polar surface area (TPSA) is 84.3 Å². The van der Waals surface area contributed by atoms with Crippen molar-refractivity contribution < 1.29 is 13.2 Å². The molecule has 3 rings (SSSR count). The first-order chi connectivity index (χ1) is 12.9. The highest BCUT2D eigenvalue weighted by Gasteiger charge is 2.31. The summed E-state index contributed by atoms with van der Waals surface area (Å²) in [6.07, 6.45) is 0.529. The number of nitrogens with one attached hydrogen (secondary N) is 1. The maximum Gasteiger partial charge on any atom is 0.239 e. The van der Waals surface area contributed by atoms with E-state index in [1.54, 1.807) is 10.7 Å². The Labute approximate surface area is 160 Å². The summed E-state index contributed by atoms with van der Waals surface area (Å²) < 4.78 is 25.2. The zero-order valence-electron chi connectivity index (χ0n) is 15.8. The number of aryl methyl sites for hydroxylation is 1. The van der Waals surface area contributed by atoms with Gasteiger partial charge in [-0.05, 0) is 25.5 Å². The first kappa shape index (κ1) is 19.6. The average molecular weight is 391 g/mol. The van der Waals surface area contributed by atoms with E-state index < -0.39 is 9.84 Å². The van der Waals surface area contributed by atoms with Crippen LogP contribution in [0.25, 0.3) is 0 Å². The van der Waals surface area contributed by atoms with Gasteiger partial charge in [0.05, 0.1) is 29.8 Å². The lowest BCUT2D eigenvalue weighted by molar-refractivity contribution is -0.117. The van der Waals surface area contributed by atoms with Gasteiger partial charge in [0.2, 0.25) is 5.91 Å². The molecule has 1 fully saturated rings. The van der Waals surface area contributed by atoms with E-state index >= 15 is 0 Å². The number of sulfone groups is 1. The number of likely N-dealkylation sites (N-methyl/N-ethyl adjacent to an activating group) is 1.